The van der Waals surface area contributed by atoms with Crippen molar-refractivity contribution >= 4 is 17.1 Å². The lowest BCUT2D eigenvalue weighted by atomic mass is 10.2. The minimum absolute atomic E-state index is 0.193. The Balaban J connectivity index is 2.51. The van der Waals surface area contributed by atoms with E-state index in [0.717, 1.165) is 5.56 Å². The molecule has 0 aliphatic heterocycles. The van der Waals surface area contributed by atoms with Gasteiger partial charge in [-0.25, -0.2) is 4.98 Å². The summed E-state index contributed by atoms with van der Waals surface area (Å²) in [6.45, 7) is 0. The zero-order valence-electron chi connectivity index (χ0n) is 6.82. The van der Waals surface area contributed by atoms with Crippen LogP contribution in [0.5, 0.6) is 0 Å². The van der Waals surface area contributed by atoms with Gasteiger partial charge >= 0.3 is 0 Å². The molecule has 2 aromatic rings. The highest BCUT2D eigenvalue weighted by atomic mass is 16.1. The average molecular weight is 176 g/mol. The standard InChI is InChI=1S/C8H8N4O/c9-6(13)3-5-4-12-8-7(5)10-1-2-11-8/h1-2,4H,3H2,(H2,9,13)(H,11,12). The van der Waals surface area contributed by atoms with E-state index in [0.29, 0.717) is 11.2 Å². The number of hydrogen-bond acceptors (Lipinski definition) is 3. The number of nitrogens with two attached hydrogens (primary N) is 1. The number of fused-ring (bicyclic) bond motifs is 1. The molecule has 66 valence electrons. The van der Waals surface area contributed by atoms with Gasteiger partial charge in [0.1, 0.15) is 5.52 Å². The van der Waals surface area contributed by atoms with Crippen LogP contribution < -0.4 is 5.73 Å². The van der Waals surface area contributed by atoms with E-state index in [9.17, 15) is 4.79 Å². The summed E-state index contributed by atoms with van der Waals surface area (Å²) in [7, 11) is 0. The molecule has 13 heavy (non-hydrogen) atoms. The van der Waals surface area contributed by atoms with Crippen LogP contribution in [0, 0.1) is 0 Å². The first-order valence-electron chi connectivity index (χ1n) is 3.82. The van der Waals surface area contributed by atoms with Crippen LogP contribution in [-0.2, 0) is 11.2 Å². The molecule has 3 N–H and O–H groups in total. The minimum Gasteiger partial charge on any atom is -0.369 e. The van der Waals surface area contributed by atoms with Crippen LogP contribution in [0.4, 0.5) is 0 Å². The number of nitrogens with one attached hydrogen (secondary N) is 1. The predicted molar refractivity (Wildman–Crippen MR) is 46.8 cm³/mol. The van der Waals surface area contributed by atoms with E-state index >= 15 is 0 Å². The highest BCUT2D eigenvalue weighted by molar-refractivity contribution is 5.83. The van der Waals surface area contributed by atoms with Crippen LogP contribution >= 0.6 is 0 Å². The molecule has 2 rings (SSSR count). The molecule has 2 aromatic heterocycles. The van der Waals surface area contributed by atoms with Gasteiger partial charge in [-0.2, -0.15) is 0 Å². The number of aromatic nitrogens is 3. The Hall–Kier alpha value is -1.91. The van der Waals surface area contributed by atoms with E-state index in [1.54, 1.807) is 18.6 Å². The summed E-state index contributed by atoms with van der Waals surface area (Å²) in [5.41, 5.74) is 7.25. The maximum Gasteiger partial charge on any atom is 0.221 e. The molecule has 0 aliphatic carbocycles. The molecule has 5 heteroatoms. The summed E-state index contributed by atoms with van der Waals surface area (Å²) in [6, 6.07) is 0. The molecule has 0 unspecified atom stereocenters. The maximum atomic E-state index is 10.7. The third kappa shape index (κ3) is 1.35. The summed E-state index contributed by atoms with van der Waals surface area (Å²) < 4.78 is 0. The lowest BCUT2D eigenvalue weighted by molar-refractivity contribution is -0.117. The number of primary amides is 1. The van der Waals surface area contributed by atoms with E-state index in [2.05, 4.69) is 15.0 Å². The van der Waals surface area contributed by atoms with Crippen molar-refractivity contribution in [3.63, 3.8) is 0 Å². The smallest absolute Gasteiger partial charge is 0.221 e. The van der Waals surface area contributed by atoms with Gasteiger partial charge in [-0.1, -0.05) is 0 Å². The number of nitrogens with zero attached hydrogens (tertiary/aromatic N) is 2. The molecule has 0 saturated heterocycles. The average Bonchev–Trinajstić information content (AvgIpc) is 2.48. The van der Waals surface area contributed by atoms with Crippen LogP contribution in [0.1, 0.15) is 5.56 Å². The first kappa shape index (κ1) is 7.72. The molecule has 0 saturated carbocycles. The van der Waals surface area contributed by atoms with Crippen molar-refractivity contribution in [2.45, 2.75) is 6.42 Å². The Kier molecular flexibility index (Phi) is 1.70. The second-order valence-corrected chi connectivity index (χ2v) is 2.71. The molecule has 0 atom stereocenters. The number of H-pyrrole nitrogens is 1. The number of rotatable bonds is 2. The Morgan fingerprint density at radius 1 is 1.46 bits per heavy atom. The summed E-state index contributed by atoms with van der Waals surface area (Å²) in [6.07, 6.45) is 5.07. The molecule has 0 aromatic carbocycles. The molecule has 0 aliphatic rings. The Bertz CT molecular complexity index is 448. The summed E-state index contributed by atoms with van der Waals surface area (Å²) in [5.74, 6) is -0.369. The van der Waals surface area contributed by atoms with E-state index in [4.69, 9.17) is 5.73 Å². The van der Waals surface area contributed by atoms with Crippen molar-refractivity contribution in [1.29, 1.82) is 0 Å². The number of carbonyl (C=O) groups excluding carboxylic acids is 1. The molecule has 0 fully saturated rings. The molecule has 2 heterocycles. The zero-order chi connectivity index (χ0) is 9.26. The largest absolute Gasteiger partial charge is 0.369 e. The molecule has 0 bridgehead atoms. The highest BCUT2D eigenvalue weighted by Gasteiger charge is 2.06. The number of amides is 1. The lowest BCUT2D eigenvalue weighted by Crippen LogP contribution is -2.13. The van der Waals surface area contributed by atoms with Gasteiger partial charge in [0.25, 0.3) is 0 Å². The third-order valence-corrected chi connectivity index (χ3v) is 1.75. The number of hydrogen-bond donors (Lipinski definition) is 2. The number of carbonyl (C=O) groups is 1. The van der Waals surface area contributed by atoms with Crippen molar-refractivity contribution in [3.8, 4) is 0 Å². The van der Waals surface area contributed by atoms with Crippen molar-refractivity contribution < 1.29 is 4.79 Å². The first-order valence-corrected chi connectivity index (χ1v) is 3.82. The van der Waals surface area contributed by atoms with Gasteiger partial charge in [0.2, 0.25) is 5.91 Å². The zero-order valence-corrected chi connectivity index (χ0v) is 6.82. The first-order chi connectivity index (χ1) is 6.27. The van der Waals surface area contributed by atoms with E-state index in [1.165, 1.54) is 0 Å². The van der Waals surface area contributed by atoms with E-state index < -0.39 is 0 Å². The van der Waals surface area contributed by atoms with Crippen LogP contribution in [0.3, 0.4) is 0 Å². The summed E-state index contributed by atoms with van der Waals surface area (Å²) in [5, 5.41) is 0. The van der Waals surface area contributed by atoms with Crippen LogP contribution in [0.2, 0.25) is 0 Å². The van der Waals surface area contributed by atoms with Crippen LogP contribution in [-0.4, -0.2) is 20.9 Å². The lowest BCUT2D eigenvalue weighted by Gasteiger charge is -1.91. The van der Waals surface area contributed by atoms with Gasteiger partial charge in [-0.15, -0.1) is 0 Å². The Morgan fingerprint density at radius 3 is 3.00 bits per heavy atom. The second kappa shape index (κ2) is 2.85. The van der Waals surface area contributed by atoms with Gasteiger partial charge in [0.15, 0.2) is 5.65 Å². The molecule has 0 radical (unpaired) electrons. The SMILES string of the molecule is NC(=O)Cc1c[nH]c2nccnc12. The van der Waals surface area contributed by atoms with Gasteiger partial charge < -0.3 is 10.7 Å². The topological polar surface area (TPSA) is 84.7 Å². The highest BCUT2D eigenvalue weighted by Crippen LogP contribution is 2.12. The fraction of sp³-hybridized carbons (Fsp3) is 0.125. The maximum absolute atomic E-state index is 10.7. The van der Waals surface area contributed by atoms with Crippen LogP contribution in [0.15, 0.2) is 18.6 Å². The fourth-order valence-corrected chi connectivity index (χ4v) is 1.22. The van der Waals surface area contributed by atoms with Gasteiger partial charge in [-0.05, 0) is 0 Å². The van der Waals surface area contributed by atoms with Gasteiger partial charge in [0.05, 0.1) is 6.42 Å². The summed E-state index contributed by atoms with van der Waals surface area (Å²) in [4.78, 5) is 21.7. The van der Waals surface area contributed by atoms with Crippen molar-refractivity contribution in [2.24, 2.45) is 5.73 Å². The third-order valence-electron chi connectivity index (χ3n) is 1.75. The summed E-state index contributed by atoms with van der Waals surface area (Å²) >= 11 is 0. The number of aromatic amines is 1. The molecule has 1 amide bonds. The Labute approximate surface area is 74.0 Å². The monoisotopic (exact) mass is 176 g/mol. The molecule has 0 spiro atoms. The molecular formula is C8H8N4O. The Morgan fingerprint density at radius 2 is 2.23 bits per heavy atom. The molecule has 5 nitrogen and oxygen atoms in total. The van der Waals surface area contributed by atoms with Crippen molar-refractivity contribution in [1.82, 2.24) is 15.0 Å². The predicted octanol–water partition coefficient (Wildman–Crippen LogP) is -0.0143. The van der Waals surface area contributed by atoms with Gasteiger partial charge in [0, 0.05) is 24.2 Å². The van der Waals surface area contributed by atoms with Crippen molar-refractivity contribution in [3.05, 3.63) is 24.2 Å². The minimum atomic E-state index is -0.369. The van der Waals surface area contributed by atoms with Crippen molar-refractivity contribution in [2.75, 3.05) is 0 Å². The fourth-order valence-electron chi connectivity index (χ4n) is 1.22. The van der Waals surface area contributed by atoms with E-state index in [1.807, 2.05) is 0 Å². The van der Waals surface area contributed by atoms with E-state index in [-0.39, 0.29) is 12.3 Å². The molecular weight excluding hydrogens is 168 g/mol. The second-order valence-electron chi connectivity index (χ2n) is 2.71. The normalized spacial score (nSPS) is 10.5. The quantitative estimate of drug-likeness (QED) is 0.674. The van der Waals surface area contributed by atoms with Gasteiger partial charge in [-0.3, -0.25) is 9.78 Å². The van der Waals surface area contributed by atoms with Crippen LogP contribution in [0.25, 0.3) is 11.2 Å².